The van der Waals surface area contributed by atoms with Gasteiger partial charge in [-0.25, -0.2) is 4.79 Å². The summed E-state index contributed by atoms with van der Waals surface area (Å²) in [7, 11) is 0. The number of carboxylic acids is 1. The van der Waals surface area contributed by atoms with E-state index in [2.05, 4.69) is 21.2 Å². The van der Waals surface area contributed by atoms with Crippen LogP contribution in [0.2, 0.25) is 5.02 Å². The van der Waals surface area contributed by atoms with Crippen molar-refractivity contribution in [3.05, 3.63) is 33.3 Å². The van der Waals surface area contributed by atoms with Gasteiger partial charge in [-0.15, -0.1) is 0 Å². The van der Waals surface area contributed by atoms with Crippen molar-refractivity contribution in [2.75, 3.05) is 0 Å². The van der Waals surface area contributed by atoms with E-state index in [0.29, 0.717) is 17.3 Å². The van der Waals surface area contributed by atoms with Gasteiger partial charge in [0.2, 0.25) is 0 Å². The van der Waals surface area contributed by atoms with Gasteiger partial charge < -0.3 is 10.4 Å². The Bertz CT molecular complexity index is 465. The molecule has 0 aromatic heterocycles. The monoisotopic (exact) mass is 333 g/mol. The first-order valence-corrected chi connectivity index (χ1v) is 6.62. The molecule has 0 heterocycles. The summed E-state index contributed by atoms with van der Waals surface area (Å²) in [5.74, 6) is -1.53. The van der Waals surface area contributed by atoms with Crippen molar-refractivity contribution < 1.29 is 14.7 Å². The highest BCUT2D eigenvalue weighted by molar-refractivity contribution is 9.10. The van der Waals surface area contributed by atoms with Crippen molar-refractivity contribution in [3.63, 3.8) is 0 Å². The van der Waals surface area contributed by atoms with Gasteiger partial charge in [0, 0.05) is 4.47 Å². The first kappa shape index (κ1) is 15.0. The number of rotatable bonds is 5. The second-order valence-electron chi connectivity index (χ2n) is 3.75. The zero-order valence-corrected chi connectivity index (χ0v) is 12.1. The first-order chi connectivity index (χ1) is 8.47. The standard InChI is InChI=1S/C12H13BrClNO3/c1-2-4-9(12(17)18)15-11(16)7-5-3-6-8(13)10(7)14/h3,5-6,9H,2,4H2,1H3,(H,15,16)(H,17,18). The van der Waals surface area contributed by atoms with Crippen molar-refractivity contribution in [2.45, 2.75) is 25.8 Å². The summed E-state index contributed by atoms with van der Waals surface area (Å²) in [6.07, 6.45) is 1.05. The molecule has 0 bridgehead atoms. The van der Waals surface area contributed by atoms with Crippen LogP contribution in [0, 0.1) is 0 Å². The molecule has 0 spiro atoms. The van der Waals surface area contributed by atoms with Crippen molar-refractivity contribution in [2.24, 2.45) is 0 Å². The van der Waals surface area contributed by atoms with Crippen LogP contribution in [-0.2, 0) is 4.79 Å². The highest BCUT2D eigenvalue weighted by atomic mass is 79.9. The van der Waals surface area contributed by atoms with E-state index >= 15 is 0 Å². The van der Waals surface area contributed by atoms with Crippen LogP contribution in [0.25, 0.3) is 0 Å². The molecule has 1 unspecified atom stereocenters. The summed E-state index contributed by atoms with van der Waals surface area (Å²) < 4.78 is 0.596. The van der Waals surface area contributed by atoms with Crippen LogP contribution in [0.4, 0.5) is 0 Å². The number of nitrogens with one attached hydrogen (secondary N) is 1. The Hall–Kier alpha value is -1.07. The number of aliphatic carboxylic acids is 1. The van der Waals surface area contributed by atoms with Crippen molar-refractivity contribution in [1.82, 2.24) is 5.32 Å². The number of benzene rings is 1. The summed E-state index contributed by atoms with van der Waals surface area (Å²) in [4.78, 5) is 22.9. The van der Waals surface area contributed by atoms with Crippen LogP contribution in [0.15, 0.2) is 22.7 Å². The summed E-state index contributed by atoms with van der Waals surface area (Å²) in [6, 6.07) is 4.03. The maximum atomic E-state index is 11.9. The van der Waals surface area contributed by atoms with E-state index in [9.17, 15) is 9.59 Å². The maximum absolute atomic E-state index is 11.9. The molecule has 1 atom stereocenters. The zero-order valence-electron chi connectivity index (χ0n) is 9.74. The molecule has 98 valence electrons. The smallest absolute Gasteiger partial charge is 0.326 e. The molecule has 0 aliphatic carbocycles. The fourth-order valence-corrected chi connectivity index (χ4v) is 2.04. The zero-order chi connectivity index (χ0) is 13.7. The van der Waals surface area contributed by atoms with Gasteiger partial charge in [-0.3, -0.25) is 4.79 Å². The lowest BCUT2D eigenvalue weighted by Crippen LogP contribution is -2.40. The van der Waals surface area contributed by atoms with Crippen molar-refractivity contribution >= 4 is 39.4 Å². The number of hydrogen-bond acceptors (Lipinski definition) is 2. The molecule has 0 radical (unpaired) electrons. The number of carbonyl (C=O) groups is 2. The van der Waals surface area contributed by atoms with Crippen LogP contribution in [0.5, 0.6) is 0 Å². The molecule has 1 aromatic rings. The number of carboxylic acid groups (broad SMARTS) is 1. The molecule has 18 heavy (non-hydrogen) atoms. The second-order valence-corrected chi connectivity index (χ2v) is 4.99. The molecule has 6 heteroatoms. The molecule has 0 saturated heterocycles. The van der Waals surface area contributed by atoms with Crippen LogP contribution in [-0.4, -0.2) is 23.0 Å². The topological polar surface area (TPSA) is 66.4 Å². The first-order valence-electron chi connectivity index (χ1n) is 5.45. The minimum Gasteiger partial charge on any atom is -0.480 e. The Labute approximate surface area is 118 Å². The minimum atomic E-state index is -1.05. The van der Waals surface area contributed by atoms with Crippen molar-refractivity contribution in [3.8, 4) is 0 Å². The van der Waals surface area contributed by atoms with Gasteiger partial charge in [0.05, 0.1) is 10.6 Å². The minimum absolute atomic E-state index is 0.258. The molecule has 1 rings (SSSR count). The Kier molecular flexibility index (Phi) is 5.62. The molecule has 0 fully saturated rings. The molecule has 4 nitrogen and oxygen atoms in total. The van der Waals surface area contributed by atoms with Gasteiger partial charge in [0.1, 0.15) is 6.04 Å². The Morgan fingerprint density at radius 1 is 1.50 bits per heavy atom. The quantitative estimate of drug-likeness (QED) is 0.869. The molecule has 0 aliphatic heterocycles. The number of amides is 1. The largest absolute Gasteiger partial charge is 0.480 e. The Morgan fingerprint density at radius 2 is 2.17 bits per heavy atom. The Balaban J connectivity index is 2.87. The SMILES string of the molecule is CCCC(NC(=O)c1cccc(Br)c1Cl)C(=O)O. The Morgan fingerprint density at radius 3 is 2.72 bits per heavy atom. The van der Waals surface area contributed by atoms with E-state index in [1.165, 1.54) is 0 Å². The molecular formula is C12H13BrClNO3. The maximum Gasteiger partial charge on any atom is 0.326 e. The molecule has 1 aromatic carbocycles. The normalized spacial score (nSPS) is 11.9. The van der Waals surface area contributed by atoms with Crippen LogP contribution in [0.3, 0.4) is 0 Å². The van der Waals surface area contributed by atoms with E-state index in [1.54, 1.807) is 18.2 Å². The predicted octanol–water partition coefficient (Wildman–Crippen LogP) is 3.09. The van der Waals surface area contributed by atoms with Crippen LogP contribution < -0.4 is 5.32 Å². The molecule has 0 aliphatic rings. The number of hydrogen-bond donors (Lipinski definition) is 2. The third-order valence-electron chi connectivity index (χ3n) is 2.38. The summed E-state index contributed by atoms with van der Waals surface area (Å²) in [6.45, 7) is 1.86. The van der Waals surface area contributed by atoms with E-state index in [1.807, 2.05) is 6.92 Å². The summed E-state index contributed by atoms with van der Waals surface area (Å²) in [5.41, 5.74) is 0.258. The van der Waals surface area contributed by atoms with Gasteiger partial charge >= 0.3 is 5.97 Å². The summed E-state index contributed by atoms with van der Waals surface area (Å²) in [5, 5.41) is 11.7. The fraction of sp³-hybridized carbons (Fsp3) is 0.333. The molecule has 0 saturated carbocycles. The second kappa shape index (κ2) is 6.75. The van der Waals surface area contributed by atoms with Crippen molar-refractivity contribution in [1.29, 1.82) is 0 Å². The predicted molar refractivity (Wildman–Crippen MR) is 73.0 cm³/mol. The van der Waals surface area contributed by atoms with Gasteiger partial charge in [-0.1, -0.05) is 31.0 Å². The third kappa shape index (κ3) is 3.71. The van der Waals surface area contributed by atoms with Gasteiger partial charge in [-0.05, 0) is 34.5 Å². The highest BCUT2D eigenvalue weighted by Gasteiger charge is 2.21. The number of halogens is 2. The lowest BCUT2D eigenvalue weighted by Gasteiger charge is -2.14. The molecule has 2 N–H and O–H groups in total. The van der Waals surface area contributed by atoms with Gasteiger partial charge in [-0.2, -0.15) is 0 Å². The van der Waals surface area contributed by atoms with Crippen LogP contribution in [0.1, 0.15) is 30.1 Å². The lowest BCUT2D eigenvalue weighted by atomic mass is 10.1. The fourth-order valence-electron chi connectivity index (χ4n) is 1.46. The highest BCUT2D eigenvalue weighted by Crippen LogP contribution is 2.25. The lowest BCUT2D eigenvalue weighted by molar-refractivity contribution is -0.139. The average molecular weight is 335 g/mol. The summed E-state index contributed by atoms with van der Waals surface area (Å²) >= 11 is 9.19. The van der Waals surface area contributed by atoms with Gasteiger partial charge in [0.15, 0.2) is 0 Å². The molecule has 1 amide bonds. The van der Waals surface area contributed by atoms with Gasteiger partial charge in [0.25, 0.3) is 5.91 Å². The van der Waals surface area contributed by atoms with Crippen LogP contribution >= 0.6 is 27.5 Å². The van der Waals surface area contributed by atoms with E-state index in [0.717, 1.165) is 0 Å². The van der Waals surface area contributed by atoms with E-state index in [-0.39, 0.29) is 10.6 Å². The third-order valence-corrected chi connectivity index (χ3v) is 3.67. The number of carbonyl (C=O) groups excluding carboxylic acids is 1. The van der Waals surface area contributed by atoms with E-state index < -0.39 is 17.9 Å². The average Bonchev–Trinajstić information content (AvgIpc) is 2.31. The molecular weight excluding hydrogens is 321 g/mol. The van der Waals surface area contributed by atoms with E-state index in [4.69, 9.17) is 16.7 Å².